The SMILES string of the molecule is C=NC(=N/C=C(\C)N)Oc1ccc(C#N)cc1CC. The Morgan fingerprint density at radius 2 is 2.32 bits per heavy atom. The molecule has 0 bridgehead atoms. The van der Waals surface area contributed by atoms with Gasteiger partial charge in [-0.05, 0) is 43.8 Å². The number of nitriles is 1. The molecule has 0 aliphatic carbocycles. The Bertz CT molecular complexity index is 563. The highest BCUT2D eigenvalue weighted by atomic mass is 16.5. The first-order valence-electron chi connectivity index (χ1n) is 5.78. The normalized spacial score (nSPS) is 11.8. The van der Waals surface area contributed by atoms with E-state index in [1.807, 2.05) is 6.92 Å². The first-order chi connectivity index (χ1) is 9.10. The molecule has 19 heavy (non-hydrogen) atoms. The fourth-order valence-corrected chi connectivity index (χ4v) is 1.38. The van der Waals surface area contributed by atoms with Crippen LogP contribution in [0.1, 0.15) is 25.0 Å². The number of nitrogens with zero attached hydrogens (tertiary/aromatic N) is 3. The number of rotatable bonds is 3. The molecule has 0 atom stereocenters. The third-order valence-corrected chi connectivity index (χ3v) is 2.29. The summed E-state index contributed by atoms with van der Waals surface area (Å²) in [6.45, 7) is 7.09. The highest BCUT2D eigenvalue weighted by Crippen LogP contribution is 2.21. The Morgan fingerprint density at radius 1 is 1.58 bits per heavy atom. The molecule has 0 aliphatic rings. The number of hydrogen-bond donors (Lipinski definition) is 1. The summed E-state index contributed by atoms with van der Waals surface area (Å²) in [5, 5.41) is 8.86. The molecule has 0 unspecified atom stereocenters. The molecule has 98 valence electrons. The zero-order chi connectivity index (χ0) is 14.3. The quantitative estimate of drug-likeness (QED) is 0.665. The van der Waals surface area contributed by atoms with Crippen molar-refractivity contribution in [1.29, 1.82) is 5.26 Å². The summed E-state index contributed by atoms with van der Waals surface area (Å²) >= 11 is 0. The van der Waals surface area contributed by atoms with E-state index in [1.54, 1.807) is 25.1 Å². The van der Waals surface area contributed by atoms with Crippen LogP contribution in [0.25, 0.3) is 0 Å². The van der Waals surface area contributed by atoms with Crippen molar-refractivity contribution >= 4 is 12.7 Å². The topological polar surface area (TPSA) is 83.8 Å². The zero-order valence-electron chi connectivity index (χ0n) is 11.1. The Morgan fingerprint density at radius 3 is 2.84 bits per heavy atom. The van der Waals surface area contributed by atoms with Crippen LogP contribution >= 0.6 is 0 Å². The van der Waals surface area contributed by atoms with Crippen LogP contribution < -0.4 is 10.5 Å². The van der Waals surface area contributed by atoms with E-state index in [0.29, 0.717) is 17.0 Å². The highest BCUT2D eigenvalue weighted by Gasteiger charge is 2.06. The maximum Gasteiger partial charge on any atom is 0.321 e. The van der Waals surface area contributed by atoms with Crippen LogP contribution in [0.4, 0.5) is 0 Å². The number of benzene rings is 1. The lowest BCUT2D eigenvalue weighted by atomic mass is 10.1. The van der Waals surface area contributed by atoms with Gasteiger partial charge < -0.3 is 10.5 Å². The number of nitrogens with two attached hydrogens (primary N) is 1. The molecule has 0 fully saturated rings. The first-order valence-corrected chi connectivity index (χ1v) is 5.78. The Labute approximate surface area is 112 Å². The summed E-state index contributed by atoms with van der Waals surface area (Å²) in [5.41, 5.74) is 7.52. The minimum absolute atomic E-state index is 0.115. The van der Waals surface area contributed by atoms with E-state index < -0.39 is 0 Å². The van der Waals surface area contributed by atoms with Crippen LogP contribution in [0.2, 0.25) is 0 Å². The molecular weight excluding hydrogens is 240 g/mol. The van der Waals surface area contributed by atoms with E-state index in [4.69, 9.17) is 15.7 Å². The lowest BCUT2D eigenvalue weighted by molar-refractivity contribution is 0.536. The summed E-state index contributed by atoms with van der Waals surface area (Å²) in [5.74, 6) is 0.607. The molecule has 0 saturated carbocycles. The van der Waals surface area contributed by atoms with Crippen molar-refractivity contribution in [3.63, 3.8) is 0 Å². The van der Waals surface area contributed by atoms with Gasteiger partial charge in [-0.3, -0.25) is 0 Å². The monoisotopic (exact) mass is 256 g/mol. The molecule has 0 radical (unpaired) electrons. The molecule has 2 N–H and O–H groups in total. The number of ether oxygens (including phenoxy) is 1. The van der Waals surface area contributed by atoms with Crippen molar-refractivity contribution in [1.82, 2.24) is 0 Å². The summed E-state index contributed by atoms with van der Waals surface area (Å²) in [7, 11) is 0. The molecule has 0 aromatic heterocycles. The average Bonchev–Trinajstić information content (AvgIpc) is 2.43. The fourth-order valence-electron chi connectivity index (χ4n) is 1.38. The second-order valence-corrected chi connectivity index (χ2v) is 3.83. The van der Waals surface area contributed by atoms with Crippen molar-refractivity contribution in [2.24, 2.45) is 15.7 Å². The van der Waals surface area contributed by atoms with Crippen LogP contribution in [0, 0.1) is 11.3 Å². The van der Waals surface area contributed by atoms with Crippen molar-refractivity contribution in [3.05, 3.63) is 41.2 Å². The third-order valence-electron chi connectivity index (χ3n) is 2.29. The van der Waals surface area contributed by atoms with Gasteiger partial charge >= 0.3 is 6.02 Å². The number of aliphatic imine (C=N–C) groups is 2. The smallest absolute Gasteiger partial charge is 0.321 e. The van der Waals surface area contributed by atoms with Crippen LogP contribution in [-0.2, 0) is 6.42 Å². The van der Waals surface area contributed by atoms with Gasteiger partial charge in [0.15, 0.2) is 0 Å². The van der Waals surface area contributed by atoms with Gasteiger partial charge in [-0.15, -0.1) is 0 Å². The number of allylic oxidation sites excluding steroid dienone is 1. The van der Waals surface area contributed by atoms with Crippen molar-refractivity contribution < 1.29 is 4.74 Å². The van der Waals surface area contributed by atoms with Gasteiger partial charge in [0, 0.05) is 5.70 Å². The molecule has 5 heteroatoms. The molecule has 0 saturated heterocycles. The van der Waals surface area contributed by atoms with Gasteiger partial charge in [0.2, 0.25) is 0 Å². The summed E-state index contributed by atoms with van der Waals surface area (Å²) in [4.78, 5) is 7.65. The van der Waals surface area contributed by atoms with Crippen LogP contribution in [0.3, 0.4) is 0 Å². The molecule has 1 aromatic carbocycles. The van der Waals surface area contributed by atoms with Gasteiger partial charge in [0.25, 0.3) is 0 Å². The van der Waals surface area contributed by atoms with Crippen LogP contribution in [0.15, 0.2) is 40.1 Å². The standard InChI is InChI=1S/C14H16N4O/c1-4-12-7-11(8-15)5-6-13(12)19-14(17-3)18-9-10(2)16/h5-7,9H,3-4,16H2,1-2H3/b10-9+,18-14?. The molecular formula is C14H16N4O. The van der Waals surface area contributed by atoms with Gasteiger partial charge in [-0.2, -0.15) is 5.26 Å². The Balaban J connectivity index is 3.04. The Kier molecular flexibility index (Phi) is 5.30. The minimum Gasteiger partial charge on any atom is -0.424 e. The first kappa shape index (κ1) is 14.5. The molecule has 1 rings (SSSR count). The van der Waals surface area contributed by atoms with Gasteiger partial charge in [-0.25, -0.2) is 9.98 Å². The van der Waals surface area contributed by atoms with E-state index in [2.05, 4.69) is 22.8 Å². The lowest BCUT2D eigenvalue weighted by Gasteiger charge is -2.08. The summed E-state index contributed by atoms with van der Waals surface area (Å²) in [6, 6.07) is 7.38. The van der Waals surface area contributed by atoms with E-state index in [0.717, 1.165) is 12.0 Å². The van der Waals surface area contributed by atoms with E-state index in [9.17, 15) is 0 Å². The molecule has 0 aliphatic heterocycles. The van der Waals surface area contributed by atoms with Gasteiger partial charge in [0.1, 0.15) is 5.75 Å². The summed E-state index contributed by atoms with van der Waals surface area (Å²) < 4.78 is 5.55. The molecule has 1 aromatic rings. The highest BCUT2D eigenvalue weighted by molar-refractivity contribution is 5.81. The maximum absolute atomic E-state index is 8.86. The van der Waals surface area contributed by atoms with Crippen LogP contribution in [-0.4, -0.2) is 12.7 Å². The van der Waals surface area contributed by atoms with Crippen molar-refractivity contribution in [3.8, 4) is 11.8 Å². The number of hydrogen-bond acceptors (Lipinski definition) is 4. The van der Waals surface area contributed by atoms with Crippen molar-refractivity contribution in [2.45, 2.75) is 20.3 Å². The second kappa shape index (κ2) is 6.97. The van der Waals surface area contributed by atoms with Gasteiger partial charge in [0.05, 0.1) is 17.8 Å². The predicted molar refractivity (Wildman–Crippen MR) is 76.1 cm³/mol. The van der Waals surface area contributed by atoms with E-state index >= 15 is 0 Å². The molecule has 5 nitrogen and oxygen atoms in total. The van der Waals surface area contributed by atoms with E-state index in [-0.39, 0.29) is 6.02 Å². The number of amidine groups is 1. The Hall–Kier alpha value is -2.61. The zero-order valence-corrected chi connectivity index (χ0v) is 11.1. The largest absolute Gasteiger partial charge is 0.424 e. The molecule has 0 spiro atoms. The summed E-state index contributed by atoms with van der Waals surface area (Å²) in [6.07, 6.45) is 2.18. The molecule has 0 amide bonds. The average molecular weight is 256 g/mol. The van der Waals surface area contributed by atoms with Crippen molar-refractivity contribution in [2.75, 3.05) is 0 Å². The maximum atomic E-state index is 8.86. The lowest BCUT2D eigenvalue weighted by Crippen LogP contribution is -2.06. The minimum atomic E-state index is 0.115. The van der Waals surface area contributed by atoms with Gasteiger partial charge in [-0.1, -0.05) is 6.92 Å². The molecule has 0 heterocycles. The second-order valence-electron chi connectivity index (χ2n) is 3.83. The number of aryl methyl sites for hydroxylation is 1. The van der Waals surface area contributed by atoms with Crippen LogP contribution in [0.5, 0.6) is 5.75 Å². The predicted octanol–water partition coefficient (Wildman–Crippen LogP) is 2.38. The third kappa shape index (κ3) is 4.28. The fraction of sp³-hybridized carbons (Fsp3) is 0.214. The van der Waals surface area contributed by atoms with E-state index in [1.165, 1.54) is 6.20 Å².